The maximum Gasteiger partial charge on any atom is 0.132 e. The molecule has 0 amide bonds. The third kappa shape index (κ3) is 4.06. The van der Waals surface area contributed by atoms with Gasteiger partial charge in [-0.1, -0.05) is 25.5 Å². The summed E-state index contributed by atoms with van der Waals surface area (Å²) in [6.45, 7) is 2.98. The molecule has 0 spiro atoms. The molecule has 0 bridgehead atoms. The lowest BCUT2D eigenvalue weighted by molar-refractivity contribution is 0.404. The third-order valence-electron chi connectivity index (χ3n) is 2.57. The molecule has 1 aromatic rings. The van der Waals surface area contributed by atoms with Crippen LogP contribution in [0, 0.1) is 5.92 Å². The van der Waals surface area contributed by atoms with Crippen LogP contribution in [0.25, 0.3) is 0 Å². The van der Waals surface area contributed by atoms with E-state index in [1.165, 1.54) is 17.7 Å². The van der Waals surface area contributed by atoms with Gasteiger partial charge in [-0.3, -0.25) is 0 Å². The Hall–Kier alpha value is -0.670. The normalized spacial score (nSPS) is 12.4. The van der Waals surface area contributed by atoms with Crippen LogP contribution in [-0.2, 0) is 0 Å². The summed E-state index contributed by atoms with van der Waals surface area (Å²) >= 11 is 1.84. The molecule has 0 unspecified atom stereocenters. The fourth-order valence-electron chi connectivity index (χ4n) is 1.62. The van der Waals surface area contributed by atoms with Crippen LogP contribution in [0.2, 0.25) is 0 Å². The third-order valence-corrected chi connectivity index (χ3v) is 3.86. The van der Waals surface area contributed by atoms with Crippen LogP contribution >= 0.6 is 11.8 Å². The van der Waals surface area contributed by atoms with Crippen molar-refractivity contribution in [3.8, 4) is 5.75 Å². The molecular formula is C13H21NOS. The number of methoxy groups -OCH3 is 1. The number of para-hydroxylation sites is 1. The summed E-state index contributed by atoms with van der Waals surface area (Å²) in [5, 5.41) is 0. The van der Waals surface area contributed by atoms with Crippen molar-refractivity contribution in [3.63, 3.8) is 0 Å². The van der Waals surface area contributed by atoms with Crippen molar-refractivity contribution in [2.75, 3.05) is 19.4 Å². The number of rotatable bonds is 7. The largest absolute Gasteiger partial charge is 0.496 e. The van der Waals surface area contributed by atoms with Crippen LogP contribution in [0.1, 0.15) is 19.8 Å². The van der Waals surface area contributed by atoms with E-state index in [9.17, 15) is 0 Å². The zero-order chi connectivity index (χ0) is 11.8. The standard InChI is InChI=1S/C13H21NOS/c1-3-6-11(9-14)10-16-13-8-5-4-7-12(13)15-2/h4-5,7-8,11H,3,6,9-10,14H2,1-2H3/t11-/m1/s1. The Morgan fingerprint density at radius 2 is 2.12 bits per heavy atom. The number of hydrogen-bond donors (Lipinski definition) is 1. The number of hydrogen-bond acceptors (Lipinski definition) is 3. The van der Waals surface area contributed by atoms with Crippen molar-refractivity contribution in [3.05, 3.63) is 24.3 Å². The smallest absolute Gasteiger partial charge is 0.132 e. The molecule has 0 radical (unpaired) electrons. The van der Waals surface area contributed by atoms with Crippen molar-refractivity contribution in [2.24, 2.45) is 11.7 Å². The van der Waals surface area contributed by atoms with Gasteiger partial charge < -0.3 is 10.5 Å². The van der Waals surface area contributed by atoms with E-state index in [2.05, 4.69) is 13.0 Å². The maximum absolute atomic E-state index is 5.75. The van der Waals surface area contributed by atoms with E-state index in [4.69, 9.17) is 10.5 Å². The lowest BCUT2D eigenvalue weighted by Crippen LogP contribution is -2.16. The Morgan fingerprint density at radius 3 is 2.75 bits per heavy atom. The highest BCUT2D eigenvalue weighted by Gasteiger charge is 2.08. The first-order chi connectivity index (χ1) is 7.81. The van der Waals surface area contributed by atoms with Gasteiger partial charge in [0.05, 0.1) is 7.11 Å². The van der Waals surface area contributed by atoms with E-state index in [1.807, 2.05) is 30.0 Å². The van der Waals surface area contributed by atoms with Crippen LogP contribution in [-0.4, -0.2) is 19.4 Å². The minimum absolute atomic E-state index is 0.611. The van der Waals surface area contributed by atoms with Gasteiger partial charge in [0.2, 0.25) is 0 Å². The summed E-state index contributed by atoms with van der Waals surface area (Å²) in [7, 11) is 1.71. The van der Waals surface area contributed by atoms with Gasteiger partial charge >= 0.3 is 0 Å². The van der Waals surface area contributed by atoms with E-state index in [-0.39, 0.29) is 0 Å². The molecule has 0 fully saturated rings. The summed E-state index contributed by atoms with van der Waals surface area (Å²) in [6, 6.07) is 8.14. The van der Waals surface area contributed by atoms with E-state index in [1.54, 1.807) is 7.11 Å². The quantitative estimate of drug-likeness (QED) is 0.742. The molecule has 2 nitrogen and oxygen atoms in total. The van der Waals surface area contributed by atoms with Crippen LogP contribution in [0.4, 0.5) is 0 Å². The number of benzene rings is 1. The lowest BCUT2D eigenvalue weighted by Gasteiger charge is -2.14. The average molecular weight is 239 g/mol. The summed E-state index contributed by atoms with van der Waals surface area (Å²) in [6.07, 6.45) is 2.41. The molecule has 0 saturated carbocycles. The topological polar surface area (TPSA) is 35.2 Å². The van der Waals surface area contributed by atoms with Gasteiger partial charge in [-0.25, -0.2) is 0 Å². The zero-order valence-electron chi connectivity index (χ0n) is 10.1. The maximum atomic E-state index is 5.75. The van der Waals surface area contributed by atoms with Gasteiger partial charge in [0.25, 0.3) is 0 Å². The van der Waals surface area contributed by atoms with Gasteiger partial charge in [0.15, 0.2) is 0 Å². The molecule has 0 aliphatic rings. The average Bonchev–Trinajstić information content (AvgIpc) is 2.34. The zero-order valence-corrected chi connectivity index (χ0v) is 10.9. The van der Waals surface area contributed by atoms with E-state index in [0.29, 0.717) is 5.92 Å². The molecule has 0 heterocycles. The van der Waals surface area contributed by atoms with Gasteiger partial charge in [-0.05, 0) is 31.0 Å². The second-order valence-electron chi connectivity index (χ2n) is 3.85. The molecular weight excluding hydrogens is 218 g/mol. The molecule has 0 aliphatic carbocycles. The number of nitrogens with two attached hydrogens (primary N) is 1. The Morgan fingerprint density at radius 1 is 1.38 bits per heavy atom. The highest BCUT2D eigenvalue weighted by atomic mass is 32.2. The molecule has 16 heavy (non-hydrogen) atoms. The highest BCUT2D eigenvalue weighted by molar-refractivity contribution is 7.99. The van der Waals surface area contributed by atoms with E-state index < -0.39 is 0 Å². The fraction of sp³-hybridized carbons (Fsp3) is 0.538. The molecule has 0 saturated heterocycles. The van der Waals surface area contributed by atoms with Crippen LogP contribution in [0.5, 0.6) is 5.75 Å². The number of ether oxygens (including phenoxy) is 1. The monoisotopic (exact) mass is 239 g/mol. The summed E-state index contributed by atoms with van der Waals surface area (Å²) < 4.78 is 5.32. The minimum Gasteiger partial charge on any atom is -0.496 e. The molecule has 0 aliphatic heterocycles. The van der Waals surface area contributed by atoms with Crippen LogP contribution in [0.15, 0.2) is 29.2 Å². The van der Waals surface area contributed by atoms with Crippen LogP contribution in [0.3, 0.4) is 0 Å². The van der Waals surface area contributed by atoms with E-state index >= 15 is 0 Å². The molecule has 1 rings (SSSR count). The van der Waals surface area contributed by atoms with Crippen molar-refractivity contribution < 1.29 is 4.74 Å². The van der Waals surface area contributed by atoms with Gasteiger partial charge in [-0.15, -0.1) is 11.8 Å². The van der Waals surface area contributed by atoms with Crippen LogP contribution < -0.4 is 10.5 Å². The summed E-state index contributed by atoms with van der Waals surface area (Å²) in [4.78, 5) is 1.21. The Labute approximate surface area is 103 Å². The predicted molar refractivity (Wildman–Crippen MR) is 71.2 cm³/mol. The van der Waals surface area contributed by atoms with Gasteiger partial charge in [0, 0.05) is 10.6 Å². The predicted octanol–water partition coefficient (Wildman–Crippen LogP) is 3.16. The second-order valence-corrected chi connectivity index (χ2v) is 4.91. The highest BCUT2D eigenvalue weighted by Crippen LogP contribution is 2.30. The van der Waals surface area contributed by atoms with Crippen molar-refractivity contribution in [2.45, 2.75) is 24.7 Å². The Bertz CT molecular complexity index is 304. The van der Waals surface area contributed by atoms with E-state index in [0.717, 1.165) is 18.0 Å². The minimum atomic E-state index is 0.611. The molecule has 1 atom stereocenters. The van der Waals surface area contributed by atoms with Crippen molar-refractivity contribution >= 4 is 11.8 Å². The molecule has 90 valence electrons. The fourth-order valence-corrected chi connectivity index (χ4v) is 2.81. The van der Waals surface area contributed by atoms with Gasteiger partial charge in [-0.2, -0.15) is 0 Å². The van der Waals surface area contributed by atoms with Crippen molar-refractivity contribution in [1.82, 2.24) is 0 Å². The van der Waals surface area contributed by atoms with Gasteiger partial charge in [0.1, 0.15) is 5.75 Å². The Kier molecular flexibility index (Phi) is 6.34. The first-order valence-corrected chi connectivity index (χ1v) is 6.76. The SMILES string of the molecule is CCC[C@H](CN)CSc1ccccc1OC. The van der Waals surface area contributed by atoms with Crippen molar-refractivity contribution in [1.29, 1.82) is 0 Å². The Balaban J connectivity index is 2.52. The second kappa shape index (κ2) is 7.58. The first kappa shape index (κ1) is 13.4. The summed E-state index contributed by atoms with van der Waals surface area (Å²) in [5.41, 5.74) is 5.75. The molecule has 2 N–H and O–H groups in total. The molecule has 1 aromatic carbocycles. The first-order valence-electron chi connectivity index (χ1n) is 5.77. The lowest BCUT2D eigenvalue weighted by atomic mass is 10.1. The summed E-state index contributed by atoms with van der Waals surface area (Å²) in [5.74, 6) is 2.64. The molecule has 3 heteroatoms. The number of thioether (sulfide) groups is 1. The molecule has 0 aromatic heterocycles.